The molecular formula is C9H21NO. The van der Waals surface area contributed by atoms with Crippen molar-refractivity contribution < 1.29 is 5.11 Å². The molecule has 0 bridgehead atoms. The van der Waals surface area contributed by atoms with Gasteiger partial charge in [-0.05, 0) is 18.9 Å². The summed E-state index contributed by atoms with van der Waals surface area (Å²) in [7, 11) is 0. The molecule has 0 aromatic rings. The Labute approximate surface area is 70.1 Å². The lowest BCUT2D eigenvalue weighted by Gasteiger charge is -2.05. The van der Waals surface area contributed by atoms with Crippen LogP contribution in [0.1, 0.15) is 33.6 Å². The molecule has 0 aromatic carbocycles. The molecule has 2 nitrogen and oxygen atoms in total. The Hall–Kier alpha value is -0.500. The van der Waals surface area contributed by atoms with Crippen LogP contribution in [0.25, 0.3) is 0 Å². The average molecular weight is 159 g/mol. The molecule has 0 rings (SSSR count). The van der Waals surface area contributed by atoms with Crippen molar-refractivity contribution in [2.45, 2.75) is 33.6 Å². The monoisotopic (exact) mass is 159 g/mol. The van der Waals surface area contributed by atoms with Gasteiger partial charge in [0.25, 0.3) is 0 Å². The summed E-state index contributed by atoms with van der Waals surface area (Å²) >= 11 is 0. The Kier molecular flexibility index (Phi) is 11.3. The minimum absolute atomic E-state index is 0.260. The summed E-state index contributed by atoms with van der Waals surface area (Å²) in [5.41, 5.74) is 5.35. The molecule has 3 N–H and O–H groups in total. The van der Waals surface area contributed by atoms with Crippen molar-refractivity contribution >= 4 is 0 Å². The molecule has 0 aliphatic rings. The first-order chi connectivity index (χ1) is 5.16. The molecule has 2 heteroatoms. The molecule has 0 radical (unpaired) electrons. The second kappa shape index (κ2) is 9.50. The summed E-state index contributed by atoms with van der Waals surface area (Å²) in [5, 5.41) is 8.66. The molecule has 1 unspecified atom stereocenters. The van der Waals surface area contributed by atoms with Crippen molar-refractivity contribution in [3.63, 3.8) is 0 Å². The number of hydrogen-bond donors (Lipinski definition) is 2. The summed E-state index contributed by atoms with van der Waals surface area (Å²) in [4.78, 5) is 0. The third-order valence-corrected chi connectivity index (χ3v) is 1.33. The van der Waals surface area contributed by atoms with E-state index in [1.807, 2.05) is 13.8 Å². The van der Waals surface area contributed by atoms with Gasteiger partial charge in [-0.3, -0.25) is 0 Å². The van der Waals surface area contributed by atoms with E-state index in [4.69, 9.17) is 10.8 Å². The van der Waals surface area contributed by atoms with E-state index in [1.54, 1.807) is 0 Å². The molecule has 68 valence electrons. The van der Waals surface area contributed by atoms with E-state index in [-0.39, 0.29) is 5.76 Å². The Morgan fingerprint density at radius 2 is 2.00 bits per heavy atom. The molecule has 0 saturated carbocycles. The standard InChI is InChI=1S/C7H15NO.C2H6/c1-6(5-8)3-4-7(2)9;1-2/h6,9H,2-5,8H2,1H3;1-2H3. The largest absolute Gasteiger partial charge is 0.513 e. The van der Waals surface area contributed by atoms with E-state index < -0.39 is 0 Å². The van der Waals surface area contributed by atoms with Gasteiger partial charge < -0.3 is 10.8 Å². The molecule has 0 heterocycles. The number of aliphatic hydroxyl groups is 1. The van der Waals surface area contributed by atoms with Gasteiger partial charge in [0, 0.05) is 6.42 Å². The van der Waals surface area contributed by atoms with Crippen LogP contribution in [0.2, 0.25) is 0 Å². The van der Waals surface area contributed by atoms with E-state index in [0.717, 1.165) is 6.42 Å². The molecule has 0 aromatic heterocycles. The predicted molar refractivity (Wildman–Crippen MR) is 50.6 cm³/mol. The van der Waals surface area contributed by atoms with Crippen molar-refractivity contribution in [1.29, 1.82) is 0 Å². The molecule has 0 amide bonds. The highest BCUT2D eigenvalue weighted by Gasteiger charge is 1.98. The second-order valence-electron chi connectivity index (χ2n) is 2.45. The Bertz CT molecular complexity index is 91.6. The molecular weight excluding hydrogens is 138 g/mol. The Morgan fingerprint density at radius 3 is 2.27 bits per heavy atom. The van der Waals surface area contributed by atoms with Crippen LogP contribution in [0.4, 0.5) is 0 Å². The van der Waals surface area contributed by atoms with Crippen molar-refractivity contribution in [2.24, 2.45) is 11.7 Å². The zero-order valence-electron chi connectivity index (χ0n) is 7.93. The Morgan fingerprint density at radius 1 is 1.55 bits per heavy atom. The van der Waals surface area contributed by atoms with Gasteiger partial charge >= 0.3 is 0 Å². The van der Waals surface area contributed by atoms with Crippen molar-refractivity contribution in [1.82, 2.24) is 0 Å². The fourth-order valence-corrected chi connectivity index (χ4v) is 0.531. The number of rotatable bonds is 4. The van der Waals surface area contributed by atoms with Crippen LogP contribution in [0.15, 0.2) is 12.3 Å². The van der Waals surface area contributed by atoms with Gasteiger partial charge in [0.05, 0.1) is 5.76 Å². The third-order valence-electron chi connectivity index (χ3n) is 1.33. The van der Waals surface area contributed by atoms with Crippen LogP contribution >= 0.6 is 0 Å². The quantitative estimate of drug-likeness (QED) is 0.619. The van der Waals surface area contributed by atoms with E-state index in [9.17, 15) is 0 Å². The van der Waals surface area contributed by atoms with Crippen molar-refractivity contribution in [2.75, 3.05) is 6.54 Å². The molecule has 0 fully saturated rings. The van der Waals surface area contributed by atoms with Crippen LogP contribution in [-0.2, 0) is 0 Å². The van der Waals surface area contributed by atoms with Gasteiger partial charge in [0.1, 0.15) is 0 Å². The normalized spacial score (nSPS) is 11.3. The number of aliphatic hydroxyl groups excluding tert-OH is 1. The van der Waals surface area contributed by atoms with E-state index in [2.05, 4.69) is 13.5 Å². The van der Waals surface area contributed by atoms with E-state index >= 15 is 0 Å². The SMILES string of the molecule is C=C(O)CCC(C)CN.CC. The van der Waals surface area contributed by atoms with Gasteiger partial charge in [-0.2, -0.15) is 0 Å². The van der Waals surface area contributed by atoms with E-state index in [0.29, 0.717) is 18.9 Å². The average Bonchev–Trinajstić information content (AvgIpc) is 2.04. The van der Waals surface area contributed by atoms with E-state index in [1.165, 1.54) is 0 Å². The smallest absolute Gasteiger partial charge is 0.0851 e. The first kappa shape index (κ1) is 13.1. The molecule has 1 atom stereocenters. The van der Waals surface area contributed by atoms with Crippen LogP contribution in [0, 0.1) is 5.92 Å². The van der Waals surface area contributed by atoms with Crippen LogP contribution in [0.3, 0.4) is 0 Å². The van der Waals surface area contributed by atoms with Crippen LogP contribution in [-0.4, -0.2) is 11.7 Å². The lowest BCUT2D eigenvalue weighted by molar-refractivity contribution is 0.371. The topological polar surface area (TPSA) is 46.2 Å². The first-order valence-corrected chi connectivity index (χ1v) is 4.23. The van der Waals surface area contributed by atoms with Gasteiger partial charge in [0.15, 0.2) is 0 Å². The lowest BCUT2D eigenvalue weighted by Crippen LogP contribution is -2.10. The second-order valence-corrected chi connectivity index (χ2v) is 2.45. The molecule has 0 spiro atoms. The van der Waals surface area contributed by atoms with Gasteiger partial charge in [-0.25, -0.2) is 0 Å². The maximum Gasteiger partial charge on any atom is 0.0851 e. The zero-order chi connectivity index (χ0) is 9.28. The van der Waals surface area contributed by atoms with Crippen LogP contribution in [0.5, 0.6) is 0 Å². The van der Waals surface area contributed by atoms with Gasteiger partial charge in [-0.1, -0.05) is 27.4 Å². The summed E-state index contributed by atoms with van der Waals surface area (Å²) < 4.78 is 0. The minimum atomic E-state index is 0.260. The summed E-state index contributed by atoms with van der Waals surface area (Å²) in [5.74, 6) is 0.754. The summed E-state index contributed by atoms with van der Waals surface area (Å²) in [6, 6.07) is 0. The minimum Gasteiger partial charge on any atom is -0.513 e. The molecule has 0 saturated heterocycles. The van der Waals surface area contributed by atoms with Crippen molar-refractivity contribution in [3.8, 4) is 0 Å². The Balaban J connectivity index is 0. The number of nitrogens with two attached hydrogens (primary N) is 1. The first-order valence-electron chi connectivity index (χ1n) is 4.23. The fourth-order valence-electron chi connectivity index (χ4n) is 0.531. The van der Waals surface area contributed by atoms with Crippen LogP contribution < -0.4 is 5.73 Å². The van der Waals surface area contributed by atoms with Gasteiger partial charge in [-0.15, -0.1) is 0 Å². The summed E-state index contributed by atoms with van der Waals surface area (Å²) in [6.45, 7) is 10.1. The maximum atomic E-state index is 8.66. The number of allylic oxidation sites excluding steroid dienone is 1. The maximum absolute atomic E-state index is 8.66. The highest BCUT2D eigenvalue weighted by molar-refractivity contribution is 4.78. The van der Waals surface area contributed by atoms with Crippen molar-refractivity contribution in [3.05, 3.63) is 12.3 Å². The summed E-state index contributed by atoms with van der Waals surface area (Å²) in [6.07, 6.45) is 1.62. The fraction of sp³-hybridized carbons (Fsp3) is 0.778. The number of hydrogen-bond acceptors (Lipinski definition) is 2. The lowest BCUT2D eigenvalue weighted by atomic mass is 10.1. The molecule has 11 heavy (non-hydrogen) atoms. The van der Waals surface area contributed by atoms with Gasteiger partial charge in [0.2, 0.25) is 0 Å². The third kappa shape index (κ3) is 12.6. The highest BCUT2D eigenvalue weighted by Crippen LogP contribution is 2.06. The molecule has 0 aliphatic heterocycles. The highest BCUT2D eigenvalue weighted by atomic mass is 16.3. The molecule has 0 aliphatic carbocycles. The zero-order valence-corrected chi connectivity index (χ0v) is 7.93. The predicted octanol–water partition coefficient (Wildman–Crippen LogP) is 2.46.